The van der Waals surface area contributed by atoms with Crippen LogP contribution in [-0.4, -0.2) is 49.9 Å². The van der Waals surface area contributed by atoms with Gasteiger partial charge >= 0.3 is 0 Å². The molecule has 5 nitrogen and oxygen atoms in total. The zero-order valence-electron chi connectivity index (χ0n) is 13.4. The van der Waals surface area contributed by atoms with Crippen LogP contribution >= 0.6 is 0 Å². The van der Waals surface area contributed by atoms with E-state index >= 15 is 0 Å². The summed E-state index contributed by atoms with van der Waals surface area (Å²) in [7, 11) is 4.07. The molecule has 2 fully saturated rings. The summed E-state index contributed by atoms with van der Waals surface area (Å²) in [6, 6.07) is 0.440. The van der Waals surface area contributed by atoms with E-state index in [0.29, 0.717) is 6.04 Å². The summed E-state index contributed by atoms with van der Waals surface area (Å²) in [4.78, 5) is 26.2. The van der Waals surface area contributed by atoms with Crippen molar-refractivity contribution in [1.29, 1.82) is 0 Å². The van der Waals surface area contributed by atoms with Gasteiger partial charge in [0.05, 0.1) is 0 Å². The number of hydrogen-bond donors (Lipinski definition) is 2. The molecule has 2 amide bonds. The van der Waals surface area contributed by atoms with E-state index in [2.05, 4.69) is 15.5 Å². The predicted molar refractivity (Wildman–Crippen MR) is 82.8 cm³/mol. The van der Waals surface area contributed by atoms with E-state index in [1.807, 2.05) is 14.1 Å². The summed E-state index contributed by atoms with van der Waals surface area (Å²) in [6.45, 7) is 1.74. The normalized spacial score (nSPS) is 25.7. The topological polar surface area (TPSA) is 61.4 Å². The van der Waals surface area contributed by atoms with Crippen LogP contribution in [0, 0.1) is 11.8 Å². The Balaban J connectivity index is 1.61. The van der Waals surface area contributed by atoms with Gasteiger partial charge in [-0.1, -0.05) is 0 Å². The Hall–Kier alpha value is -1.10. The van der Waals surface area contributed by atoms with Crippen LogP contribution in [0.2, 0.25) is 0 Å². The van der Waals surface area contributed by atoms with E-state index in [1.165, 1.54) is 0 Å². The fourth-order valence-electron chi connectivity index (χ4n) is 2.92. The molecule has 0 unspecified atom stereocenters. The average Bonchev–Trinajstić information content (AvgIpc) is 3.27. The molecule has 0 saturated heterocycles. The Morgan fingerprint density at radius 3 is 2.05 bits per heavy atom. The quantitative estimate of drug-likeness (QED) is 0.692. The lowest BCUT2D eigenvalue weighted by Crippen LogP contribution is -2.38. The van der Waals surface area contributed by atoms with Crippen LogP contribution < -0.4 is 10.6 Å². The Bertz CT molecular complexity index is 359. The zero-order chi connectivity index (χ0) is 15.2. The second-order valence-corrected chi connectivity index (χ2v) is 6.78. The number of rotatable bonds is 7. The molecule has 0 spiro atoms. The minimum atomic E-state index is 0.106. The monoisotopic (exact) mass is 295 g/mol. The van der Waals surface area contributed by atoms with Gasteiger partial charge in [0, 0.05) is 24.4 Å². The van der Waals surface area contributed by atoms with Crippen molar-refractivity contribution in [1.82, 2.24) is 15.5 Å². The Morgan fingerprint density at radius 1 is 0.952 bits per heavy atom. The number of nitrogens with one attached hydrogen (secondary N) is 2. The van der Waals surface area contributed by atoms with Crippen LogP contribution in [0.1, 0.15) is 44.9 Å². The summed E-state index contributed by atoms with van der Waals surface area (Å²) in [5.41, 5.74) is 0. The molecule has 0 aromatic carbocycles. The van der Waals surface area contributed by atoms with Crippen LogP contribution in [0.4, 0.5) is 0 Å². The van der Waals surface area contributed by atoms with Crippen molar-refractivity contribution in [2.45, 2.75) is 51.0 Å². The summed E-state index contributed by atoms with van der Waals surface area (Å²) in [6.07, 6.45) is 6.66. The molecule has 0 bridgehead atoms. The van der Waals surface area contributed by atoms with Crippen molar-refractivity contribution in [2.24, 2.45) is 11.8 Å². The molecule has 0 aromatic heterocycles. The first kappa shape index (κ1) is 16.3. The van der Waals surface area contributed by atoms with Gasteiger partial charge in [0.2, 0.25) is 11.8 Å². The third kappa shape index (κ3) is 5.65. The lowest BCUT2D eigenvalue weighted by Gasteiger charge is -2.27. The lowest BCUT2D eigenvalue weighted by molar-refractivity contribution is -0.130. The lowest BCUT2D eigenvalue weighted by atomic mass is 9.81. The highest BCUT2D eigenvalue weighted by atomic mass is 16.2. The van der Waals surface area contributed by atoms with Crippen molar-refractivity contribution in [3.63, 3.8) is 0 Å². The second kappa shape index (κ2) is 7.78. The summed E-state index contributed by atoms with van der Waals surface area (Å²) in [5, 5.41) is 6.10. The third-order valence-electron chi connectivity index (χ3n) is 4.47. The molecule has 2 aliphatic carbocycles. The van der Waals surface area contributed by atoms with Gasteiger partial charge in [0.25, 0.3) is 0 Å². The van der Waals surface area contributed by atoms with Crippen LogP contribution in [0.25, 0.3) is 0 Å². The first-order valence-corrected chi connectivity index (χ1v) is 8.29. The van der Waals surface area contributed by atoms with Gasteiger partial charge < -0.3 is 15.5 Å². The van der Waals surface area contributed by atoms with Gasteiger partial charge in [-0.3, -0.25) is 9.59 Å². The van der Waals surface area contributed by atoms with Crippen molar-refractivity contribution >= 4 is 11.8 Å². The third-order valence-corrected chi connectivity index (χ3v) is 4.47. The minimum absolute atomic E-state index is 0.106. The first-order chi connectivity index (χ1) is 10.1. The van der Waals surface area contributed by atoms with Crippen LogP contribution in [0.5, 0.6) is 0 Å². The van der Waals surface area contributed by atoms with Gasteiger partial charge in [-0.05, 0) is 65.6 Å². The van der Waals surface area contributed by atoms with Crippen LogP contribution in [0.15, 0.2) is 0 Å². The molecular weight excluding hydrogens is 266 g/mol. The Labute approximate surface area is 127 Å². The van der Waals surface area contributed by atoms with Crippen LogP contribution in [0.3, 0.4) is 0 Å². The molecule has 0 aliphatic heterocycles. The fourth-order valence-corrected chi connectivity index (χ4v) is 2.92. The molecular formula is C16H29N3O2. The van der Waals surface area contributed by atoms with Crippen LogP contribution in [-0.2, 0) is 9.59 Å². The van der Waals surface area contributed by atoms with E-state index < -0.39 is 0 Å². The molecule has 2 saturated carbocycles. The highest BCUT2D eigenvalue weighted by Crippen LogP contribution is 2.30. The maximum Gasteiger partial charge on any atom is 0.223 e. The molecule has 0 atom stereocenters. The van der Waals surface area contributed by atoms with Gasteiger partial charge in [-0.15, -0.1) is 0 Å². The molecule has 0 aromatic rings. The number of carbonyl (C=O) groups excluding carboxylic acids is 2. The van der Waals surface area contributed by atoms with Crippen molar-refractivity contribution in [2.75, 3.05) is 27.2 Å². The minimum Gasteiger partial charge on any atom is -0.356 e. The molecule has 2 aliphatic rings. The molecule has 5 heteroatoms. The first-order valence-electron chi connectivity index (χ1n) is 8.29. The molecule has 0 radical (unpaired) electrons. The molecule has 120 valence electrons. The molecule has 0 heterocycles. The number of amides is 2. The Morgan fingerprint density at radius 2 is 1.52 bits per heavy atom. The maximum absolute atomic E-state index is 12.1. The molecule has 21 heavy (non-hydrogen) atoms. The molecule has 2 N–H and O–H groups in total. The van der Waals surface area contributed by atoms with E-state index in [1.54, 1.807) is 0 Å². The highest BCUT2D eigenvalue weighted by molar-refractivity contribution is 5.81. The smallest absolute Gasteiger partial charge is 0.223 e. The number of hydrogen-bond acceptors (Lipinski definition) is 3. The SMILES string of the molecule is CN(C)CCCNC(=O)C1CCC(C(=O)NC2CC2)CC1. The van der Waals surface area contributed by atoms with Gasteiger partial charge in [0.1, 0.15) is 0 Å². The molecule has 2 rings (SSSR count). The van der Waals surface area contributed by atoms with E-state index in [0.717, 1.165) is 58.0 Å². The highest BCUT2D eigenvalue weighted by Gasteiger charge is 2.32. The van der Waals surface area contributed by atoms with Gasteiger partial charge in [0.15, 0.2) is 0 Å². The van der Waals surface area contributed by atoms with Gasteiger partial charge in [-0.25, -0.2) is 0 Å². The fraction of sp³-hybridized carbons (Fsp3) is 0.875. The number of nitrogens with zero attached hydrogens (tertiary/aromatic N) is 1. The standard InChI is InChI=1S/C16H29N3O2/c1-19(2)11-3-10-17-15(20)12-4-6-13(7-5-12)16(21)18-14-8-9-14/h12-14H,3-11H2,1-2H3,(H,17,20)(H,18,21). The summed E-state index contributed by atoms with van der Waals surface area (Å²) >= 11 is 0. The average molecular weight is 295 g/mol. The second-order valence-electron chi connectivity index (χ2n) is 6.78. The summed E-state index contributed by atoms with van der Waals surface area (Å²) < 4.78 is 0. The Kier molecular flexibility index (Phi) is 6.03. The van der Waals surface area contributed by atoms with E-state index in [4.69, 9.17) is 0 Å². The van der Waals surface area contributed by atoms with Crippen molar-refractivity contribution in [3.05, 3.63) is 0 Å². The largest absolute Gasteiger partial charge is 0.356 e. The predicted octanol–water partition coefficient (Wildman–Crippen LogP) is 1.14. The van der Waals surface area contributed by atoms with Gasteiger partial charge in [-0.2, -0.15) is 0 Å². The maximum atomic E-state index is 12.1. The van der Waals surface area contributed by atoms with E-state index in [-0.39, 0.29) is 23.7 Å². The van der Waals surface area contributed by atoms with E-state index in [9.17, 15) is 9.59 Å². The van der Waals surface area contributed by atoms with Crippen molar-refractivity contribution < 1.29 is 9.59 Å². The van der Waals surface area contributed by atoms with Crippen molar-refractivity contribution in [3.8, 4) is 0 Å². The number of carbonyl (C=O) groups is 2. The zero-order valence-corrected chi connectivity index (χ0v) is 13.4. The summed E-state index contributed by atoms with van der Waals surface area (Å²) in [5.74, 6) is 0.620.